The second kappa shape index (κ2) is 6.39. The molecule has 6 nitrogen and oxygen atoms in total. The zero-order chi connectivity index (χ0) is 16.3. The molecule has 1 unspecified atom stereocenters. The number of terminal acetylenes is 1. The number of hydrogen-bond acceptors (Lipinski definition) is 5. The third-order valence-electron chi connectivity index (χ3n) is 4.16. The number of amides is 1. The van der Waals surface area contributed by atoms with Gasteiger partial charge in [0.15, 0.2) is 11.8 Å². The van der Waals surface area contributed by atoms with Gasteiger partial charge in [0.2, 0.25) is 0 Å². The summed E-state index contributed by atoms with van der Waals surface area (Å²) in [7, 11) is 0. The molecule has 0 radical (unpaired) electrons. The van der Waals surface area contributed by atoms with Crippen molar-refractivity contribution in [3.05, 3.63) is 29.3 Å². The molecule has 23 heavy (non-hydrogen) atoms. The molecule has 6 heteroatoms. The molecule has 120 valence electrons. The second-order valence-corrected chi connectivity index (χ2v) is 5.76. The highest BCUT2D eigenvalue weighted by molar-refractivity contribution is 5.83. The van der Waals surface area contributed by atoms with Crippen molar-refractivity contribution in [1.29, 1.82) is 0 Å². The highest BCUT2D eigenvalue weighted by atomic mass is 16.5. The number of carbonyl (C=O) groups is 1. The number of para-hydroxylation sites is 1. The average Bonchev–Trinajstić information content (AvgIpc) is 3.16. The van der Waals surface area contributed by atoms with Crippen LogP contribution in [0.3, 0.4) is 0 Å². The molecule has 1 amide bonds. The number of nitrogens with zero attached hydrogens (tertiary/aromatic N) is 2. The summed E-state index contributed by atoms with van der Waals surface area (Å²) in [5.74, 6) is 2.75. The zero-order valence-corrected chi connectivity index (χ0v) is 12.8. The molecule has 0 fully saturated rings. The summed E-state index contributed by atoms with van der Waals surface area (Å²) >= 11 is 0. The summed E-state index contributed by atoms with van der Waals surface area (Å²) in [5.41, 5.74) is 1.11. The highest BCUT2D eigenvalue weighted by Crippen LogP contribution is 2.36. The predicted molar refractivity (Wildman–Crippen MR) is 83.9 cm³/mol. The van der Waals surface area contributed by atoms with Crippen LogP contribution in [0, 0.1) is 12.3 Å². The van der Waals surface area contributed by atoms with Gasteiger partial charge in [-0.2, -0.15) is 10.2 Å². The van der Waals surface area contributed by atoms with Crippen LogP contribution in [-0.2, 0) is 11.2 Å². The number of nitrogens with one attached hydrogen (secondary N) is 1. The van der Waals surface area contributed by atoms with Crippen molar-refractivity contribution >= 4 is 5.91 Å². The van der Waals surface area contributed by atoms with E-state index in [1.165, 1.54) is 0 Å². The summed E-state index contributed by atoms with van der Waals surface area (Å²) in [6, 6.07) is 5.49. The molecular formula is C17H19N3O3. The Bertz CT molecular complexity index is 672. The fraction of sp³-hybridized carbons (Fsp3) is 0.471. The normalized spacial score (nSPS) is 17.7. The molecule has 0 bridgehead atoms. The average molecular weight is 313 g/mol. The van der Waals surface area contributed by atoms with Gasteiger partial charge in [0.25, 0.3) is 5.91 Å². The van der Waals surface area contributed by atoms with Crippen molar-refractivity contribution in [1.82, 2.24) is 5.32 Å². The Balaban J connectivity index is 1.53. The van der Waals surface area contributed by atoms with Crippen LogP contribution in [0.5, 0.6) is 5.75 Å². The van der Waals surface area contributed by atoms with Crippen LogP contribution in [0.15, 0.2) is 28.4 Å². The van der Waals surface area contributed by atoms with Gasteiger partial charge in [0.1, 0.15) is 5.75 Å². The second-order valence-electron chi connectivity index (χ2n) is 5.76. The van der Waals surface area contributed by atoms with Crippen molar-refractivity contribution < 1.29 is 14.6 Å². The van der Waals surface area contributed by atoms with Crippen LogP contribution in [0.4, 0.5) is 0 Å². The molecule has 0 aromatic heterocycles. The molecule has 0 saturated carbocycles. The summed E-state index contributed by atoms with van der Waals surface area (Å²) in [4.78, 5) is 12.2. The topological polar surface area (TPSA) is 83.3 Å². The Morgan fingerprint density at radius 3 is 3.04 bits per heavy atom. The highest BCUT2D eigenvalue weighted by Gasteiger charge is 2.38. The molecule has 2 heterocycles. The minimum Gasteiger partial charge on any atom is -0.493 e. The van der Waals surface area contributed by atoms with E-state index in [1.807, 2.05) is 12.1 Å². The molecule has 1 atom stereocenters. The van der Waals surface area contributed by atoms with Crippen LogP contribution in [0.2, 0.25) is 0 Å². The van der Waals surface area contributed by atoms with Crippen LogP contribution >= 0.6 is 0 Å². The Labute approximate surface area is 134 Å². The van der Waals surface area contributed by atoms with E-state index in [2.05, 4.69) is 21.5 Å². The summed E-state index contributed by atoms with van der Waals surface area (Å²) in [6.07, 6.45) is 6.71. The van der Waals surface area contributed by atoms with E-state index in [4.69, 9.17) is 11.2 Å². The van der Waals surface area contributed by atoms with Crippen LogP contribution in [-0.4, -0.2) is 29.8 Å². The first-order valence-electron chi connectivity index (χ1n) is 7.73. The quantitative estimate of drug-likeness (QED) is 0.752. The van der Waals surface area contributed by atoms with Crippen molar-refractivity contribution in [2.45, 2.75) is 37.5 Å². The van der Waals surface area contributed by atoms with Gasteiger partial charge >= 0.3 is 0 Å². The lowest BCUT2D eigenvalue weighted by Crippen LogP contribution is -2.32. The lowest BCUT2D eigenvalue weighted by atomic mass is 10.0. The lowest BCUT2D eigenvalue weighted by molar-refractivity contribution is -0.129. The van der Waals surface area contributed by atoms with Crippen LogP contribution < -0.4 is 10.1 Å². The SMILES string of the molecule is C#CCCC1(CCNC(=O)C(O)c2cccc3c2OCC3)N=N1. The van der Waals surface area contributed by atoms with Crippen LogP contribution in [0.25, 0.3) is 0 Å². The number of aliphatic hydroxyl groups excluding tert-OH is 1. The van der Waals surface area contributed by atoms with E-state index >= 15 is 0 Å². The maximum atomic E-state index is 12.2. The summed E-state index contributed by atoms with van der Waals surface area (Å²) < 4.78 is 5.53. The van der Waals surface area contributed by atoms with Gasteiger partial charge in [-0.1, -0.05) is 18.2 Å². The number of aliphatic hydroxyl groups is 1. The maximum absolute atomic E-state index is 12.2. The van der Waals surface area contributed by atoms with Gasteiger partial charge in [-0.05, 0) is 5.56 Å². The number of ether oxygens (including phenoxy) is 1. The molecule has 1 aromatic carbocycles. The fourth-order valence-corrected chi connectivity index (χ4v) is 2.75. The number of carbonyl (C=O) groups excluding carboxylic acids is 1. The van der Waals surface area contributed by atoms with Gasteiger partial charge in [-0.25, -0.2) is 0 Å². The van der Waals surface area contributed by atoms with Gasteiger partial charge in [0, 0.05) is 37.8 Å². The number of fused-ring (bicyclic) bond motifs is 1. The maximum Gasteiger partial charge on any atom is 0.253 e. The largest absolute Gasteiger partial charge is 0.493 e. The third kappa shape index (κ3) is 3.35. The number of benzene rings is 1. The van der Waals surface area contributed by atoms with Gasteiger partial charge in [-0.3, -0.25) is 4.79 Å². The molecule has 0 spiro atoms. The van der Waals surface area contributed by atoms with E-state index in [-0.39, 0.29) is 0 Å². The smallest absolute Gasteiger partial charge is 0.253 e. The van der Waals surface area contributed by atoms with Gasteiger partial charge in [0.05, 0.1) is 6.61 Å². The molecule has 3 rings (SSSR count). The van der Waals surface area contributed by atoms with Crippen molar-refractivity contribution in [2.75, 3.05) is 13.2 Å². The number of hydrogen-bond donors (Lipinski definition) is 2. The Kier molecular flexibility index (Phi) is 4.30. The number of rotatable bonds is 7. The first-order chi connectivity index (χ1) is 11.2. The lowest BCUT2D eigenvalue weighted by Gasteiger charge is -2.15. The van der Waals surface area contributed by atoms with E-state index in [1.54, 1.807) is 6.07 Å². The van der Waals surface area contributed by atoms with E-state index in [0.29, 0.717) is 43.7 Å². The van der Waals surface area contributed by atoms with E-state index < -0.39 is 17.7 Å². The van der Waals surface area contributed by atoms with E-state index in [0.717, 1.165) is 12.0 Å². The Morgan fingerprint density at radius 2 is 2.30 bits per heavy atom. The molecule has 0 saturated heterocycles. The van der Waals surface area contributed by atoms with Crippen molar-refractivity contribution in [3.63, 3.8) is 0 Å². The monoisotopic (exact) mass is 313 g/mol. The molecule has 2 N–H and O–H groups in total. The third-order valence-corrected chi connectivity index (χ3v) is 4.16. The molecule has 0 aliphatic carbocycles. The summed E-state index contributed by atoms with van der Waals surface area (Å²) in [5, 5.41) is 21.0. The minimum absolute atomic E-state index is 0.392. The Hall–Kier alpha value is -2.39. The van der Waals surface area contributed by atoms with Crippen LogP contribution in [0.1, 0.15) is 36.5 Å². The first-order valence-corrected chi connectivity index (χ1v) is 7.73. The standard InChI is InChI=1S/C17H19N3O3/c1-2-3-8-17(19-20-17)9-10-18-16(22)14(21)13-6-4-5-12-7-11-23-15(12)13/h1,4-6,14,21H,3,7-11H2,(H,18,22). The van der Waals surface area contributed by atoms with Crippen molar-refractivity contribution in [2.24, 2.45) is 10.2 Å². The fourth-order valence-electron chi connectivity index (χ4n) is 2.75. The van der Waals surface area contributed by atoms with Gasteiger partial charge < -0.3 is 15.2 Å². The van der Waals surface area contributed by atoms with Crippen molar-refractivity contribution in [3.8, 4) is 18.1 Å². The molecule has 2 aliphatic rings. The predicted octanol–water partition coefficient (Wildman–Crippen LogP) is 1.74. The molecular weight excluding hydrogens is 294 g/mol. The van der Waals surface area contributed by atoms with Gasteiger partial charge in [-0.15, -0.1) is 12.3 Å². The zero-order valence-electron chi connectivity index (χ0n) is 12.8. The minimum atomic E-state index is -1.24. The Morgan fingerprint density at radius 1 is 1.48 bits per heavy atom. The first kappa shape index (κ1) is 15.5. The molecule has 1 aromatic rings. The summed E-state index contributed by atoms with van der Waals surface area (Å²) in [6.45, 7) is 0.977. The molecule has 2 aliphatic heterocycles. The van der Waals surface area contributed by atoms with E-state index in [9.17, 15) is 9.90 Å².